The van der Waals surface area contributed by atoms with Crippen molar-refractivity contribution in [1.82, 2.24) is 14.8 Å². The van der Waals surface area contributed by atoms with E-state index < -0.39 is 6.04 Å². The highest BCUT2D eigenvalue weighted by Crippen LogP contribution is 2.16. The number of hydrogen-bond acceptors (Lipinski definition) is 3. The third-order valence-corrected chi connectivity index (χ3v) is 2.46. The molecule has 0 bridgehead atoms. The van der Waals surface area contributed by atoms with Gasteiger partial charge in [0.2, 0.25) is 0 Å². The molecule has 1 aromatic heterocycles. The first-order chi connectivity index (χ1) is 7.70. The van der Waals surface area contributed by atoms with E-state index in [-0.39, 0.29) is 10.7 Å². The van der Waals surface area contributed by atoms with Crippen molar-refractivity contribution in [3.8, 4) is 0 Å². The van der Waals surface area contributed by atoms with Crippen LogP contribution in [0, 0.1) is 0 Å². The Labute approximate surface area is 96.9 Å². The van der Waals surface area contributed by atoms with Crippen molar-refractivity contribution in [1.29, 1.82) is 0 Å². The molecule has 0 aliphatic heterocycles. The zero-order valence-corrected chi connectivity index (χ0v) is 9.15. The van der Waals surface area contributed by atoms with Crippen LogP contribution in [0.1, 0.15) is 11.6 Å². The molecule has 0 saturated heterocycles. The fraction of sp³-hybridized carbons (Fsp3) is 0.100. The lowest BCUT2D eigenvalue weighted by atomic mass is 10.1. The summed E-state index contributed by atoms with van der Waals surface area (Å²) in [5, 5.41) is 5.98. The maximum Gasteiger partial charge on any atom is 0.344 e. The molecule has 5 nitrogen and oxygen atoms in total. The summed E-state index contributed by atoms with van der Waals surface area (Å²) in [7, 11) is 0. The first-order valence-corrected chi connectivity index (χ1v) is 5.07. The van der Waals surface area contributed by atoms with E-state index in [9.17, 15) is 4.79 Å². The normalized spacial score (nSPS) is 12.2. The predicted octanol–water partition coefficient (Wildman–Crippen LogP) is 0.447. The van der Waals surface area contributed by atoms with Crippen LogP contribution in [0.25, 0.3) is 0 Å². The number of nitrogens with zero attached hydrogens (tertiary/aromatic N) is 2. The molecule has 2 aromatic rings. The molecule has 0 aliphatic rings. The maximum atomic E-state index is 11.5. The van der Waals surface area contributed by atoms with E-state index in [1.54, 1.807) is 0 Å². The molecule has 0 spiro atoms. The van der Waals surface area contributed by atoms with Gasteiger partial charge in [-0.25, -0.2) is 9.89 Å². The van der Waals surface area contributed by atoms with Crippen LogP contribution in [0.5, 0.6) is 0 Å². The summed E-state index contributed by atoms with van der Waals surface area (Å²) in [4.78, 5) is 11.7. The minimum absolute atomic E-state index is 0.231. The number of nitrogens with two attached hydrogens (primary N) is 1. The molecule has 0 saturated carbocycles. The molecule has 0 fully saturated rings. The molecule has 0 radical (unpaired) electrons. The van der Waals surface area contributed by atoms with E-state index >= 15 is 0 Å². The molecule has 0 aliphatic carbocycles. The number of H-pyrrole nitrogens is 1. The summed E-state index contributed by atoms with van der Waals surface area (Å²) < 4.78 is 1.37. The molecule has 1 aromatic carbocycles. The number of nitrogens with one attached hydrogen (secondary N) is 1. The molecule has 82 valence electrons. The topological polar surface area (TPSA) is 76.7 Å². The minimum atomic E-state index is -0.456. The largest absolute Gasteiger partial charge is 0.391 e. The second kappa shape index (κ2) is 4.28. The van der Waals surface area contributed by atoms with E-state index in [1.165, 1.54) is 10.9 Å². The lowest BCUT2D eigenvalue weighted by molar-refractivity contribution is 0.705. The summed E-state index contributed by atoms with van der Waals surface area (Å²) in [5.41, 5.74) is 6.19. The zero-order valence-electron chi connectivity index (χ0n) is 8.33. The monoisotopic (exact) mass is 234 g/mol. The molecule has 1 unspecified atom stereocenters. The van der Waals surface area contributed by atoms with Crippen LogP contribution in [0.2, 0.25) is 0 Å². The van der Waals surface area contributed by atoms with Gasteiger partial charge in [0, 0.05) is 0 Å². The lowest BCUT2D eigenvalue weighted by Gasteiger charge is -2.15. The molecule has 2 rings (SSSR count). The summed E-state index contributed by atoms with van der Waals surface area (Å²) >= 11 is 4.98. The Hall–Kier alpha value is -1.95. The van der Waals surface area contributed by atoms with Crippen molar-refractivity contribution in [3.05, 3.63) is 52.7 Å². The highest BCUT2D eigenvalue weighted by Gasteiger charge is 2.18. The van der Waals surface area contributed by atoms with Crippen LogP contribution in [0.15, 0.2) is 41.5 Å². The third-order valence-electron chi connectivity index (χ3n) is 2.24. The van der Waals surface area contributed by atoms with E-state index in [4.69, 9.17) is 18.0 Å². The zero-order chi connectivity index (χ0) is 11.5. The fourth-order valence-electron chi connectivity index (χ4n) is 1.54. The quantitative estimate of drug-likeness (QED) is 0.756. The van der Waals surface area contributed by atoms with E-state index in [0.717, 1.165) is 5.56 Å². The van der Waals surface area contributed by atoms with Crippen LogP contribution in [0.3, 0.4) is 0 Å². The Morgan fingerprint density at radius 2 is 2.12 bits per heavy atom. The first kappa shape index (κ1) is 10.6. The van der Waals surface area contributed by atoms with Crippen molar-refractivity contribution in [3.63, 3.8) is 0 Å². The van der Waals surface area contributed by atoms with Crippen molar-refractivity contribution >= 4 is 17.2 Å². The Morgan fingerprint density at radius 1 is 1.44 bits per heavy atom. The fourth-order valence-corrected chi connectivity index (χ4v) is 1.79. The van der Waals surface area contributed by atoms with E-state index in [2.05, 4.69) is 10.2 Å². The van der Waals surface area contributed by atoms with Crippen LogP contribution in [-0.4, -0.2) is 19.8 Å². The molecule has 6 heteroatoms. The van der Waals surface area contributed by atoms with Gasteiger partial charge in [-0.3, -0.25) is 4.57 Å². The smallest absolute Gasteiger partial charge is 0.344 e. The number of aromatic nitrogens is 3. The van der Waals surface area contributed by atoms with Crippen molar-refractivity contribution in [2.45, 2.75) is 6.04 Å². The average molecular weight is 234 g/mol. The van der Waals surface area contributed by atoms with Crippen molar-refractivity contribution in [2.24, 2.45) is 5.73 Å². The van der Waals surface area contributed by atoms with Gasteiger partial charge < -0.3 is 5.73 Å². The summed E-state index contributed by atoms with van der Waals surface area (Å²) in [5.74, 6) is 0. The predicted molar refractivity (Wildman–Crippen MR) is 64.2 cm³/mol. The average Bonchev–Trinajstić information content (AvgIpc) is 2.66. The molecule has 16 heavy (non-hydrogen) atoms. The van der Waals surface area contributed by atoms with Crippen LogP contribution in [-0.2, 0) is 0 Å². The van der Waals surface area contributed by atoms with Gasteiger partial charge >= 0.3 is 5.69 Å². The van der Waals surface area contributed by atoms with Crippen LogP contribution in [0.4, 0.5) is 0 Å². The molecular formula is C10H10N4OS. The summed E-state index contributed by atoms with van der Waals surface area (Å²) in [6.07, 6.45) is 1.39. The highest BCUT2D eigenvalue weighted by molar-refractivity contribution is 7.80. The van der Waals surface area contributed by atoms with Gasteiger partial charge in [-0.15, -0.1) is 0 Å². The SMILES string of the molecule is NC(=S)C(c1ccccc1)n1cn[nH]c1=O. The molecule has 3 N–H and O–H groups in total. The van der Waals surface area contributed by atoms with E-state index in [1.807, 2.05) is 30.3 Å². The Balaban J connectivity index is 2.52. The summed E-state index contributed by atoms with van der Waals surface area (Å²) in [6.45, 7) is 0. The van der Waals surface area contributed by atoms with Crippen molar-refractivity contribution in [2.75, 3.05) is 0 Å². The van der Waals surface area contributed by atoms with Crippen molar-refractivity contribution < 1.29 is 0 Å². The van der Waals surface area contributed by atoms with Gasteiger partial charge in [0.1, 0.15) is 17.4 Å². The summed E-state index contributed by atoms with van der Waals surface area (Å²) in [6, 6.07) is 8.89. The maximum absolute atomic E-state index is 11.5. The Bertz CT molecular complexity index is 545. The van der Waals surface area contributed by atoms with Gasteiger partial charge in [0.15, 0.2) is 0 Å². The van der Waals surface area contributed by atoms with Gasteiger partial charge in [0.25, 0.3) is 0 Å². The van der Waals surface area contributed by atoms with Gasteiger partial charge in [-0.05, 0) is 5.56 Å². The molecule has 0 amide bonds. The van der Waals surface area contributed by atoms with Gasteiger partial charge in [-0.1, -0.05) is 42.5 Å². The second-order valence-electron chi connectivity index (χ2n) is 3.28. The molecule has 1 atom stereocenters. The standard InChI is InChI=1S/C10H10N4OS/c11-9(16)8(7-4-2-1-3-5-7)14-6-12-13-10(14)15/h1-6,8H,(H2,11,16)(H,13,15). The lowest BCUT2D eigenvalue weighted by Crippen LogP contribution is -2.31. The Kier molecular flexibility index (Phi) is 2.82. The Morgan fingerprint density at radius 3 is 2.62 bits per heavy atom. The van der Waals surface area contributed by atoms with Gasteiger partial charge in [0.05, 0.1) is 0 Å². The second-order valence-corrected chi connectivity index (χ2v) is 3.76. The number of hydrogen-bond donors (Lipinski definition) is 2. The van der Waals surface area contributed by atoms with Crippen LogP contribution < -0.4 is 11.4 Å². The first-order valence-electron chi connectivity index (χ1n) is 4.66. The van der Waals surface area contributed by atoms with E-state index in [0.29, 0.717) is 0 Å². The van der Waals surface area contributed by atoms with Crippen LogP contribution >= 0.6 is 12.2 Å². The number of thiocarbonyl (C=S) groups is 1. The molecule has 1 heterocycles. The highest BCUT2D eigenvalue weighted by atomic mass is 32.1. The number of benzene rings is 1. The number of aromatic amines is 1. The third kappa shape index (κ3) is 1.87. The van der Waals surface area contributed by atoms with Gasteiger partial charge in [-0.2, -0.15) is 5.10 Å². The molecular weight excluding hydrogens is 224 g/mol. The number of rotatable bonds is 3. The minimum Gasteiger partial charge on any atom is -0.391 e.